The van der Waals surface area contributed by atoms with Gasteiger partial charge in [0.25, 0.3) is 0 Å². The van der Waals surface area contributed by atoms with Crippen LogP contribution in [-0.4, -0.2) is 34.0 Å². The Bertz CT molecular complexity index is 866. The van der Waals surface area contributed by atoms with Crippen LogP contribution in [-0.2, 0) is 21.9 Å². The number of rotatable bonds is 8. The van der Waals surface area contributed by atoms with Gasteiger partial charge in [0, 0.05) is 27.9 Å². The number of nitrogens with zero attached hydrogens (tertiary/aromatic N) is 1. The van der Waals surface area contributed by atoms with Crippen LogP contribution in [0.2, 0.25) is 10.0 Å². The van der Waals surface area contributed by atoms with Crippen molar-refractivity contribution in [1.29, 1.82) is 0 Å². The molecular formula is C23H28Cl2N2O2S. The molecule has 0 saturated heterocycles. The first-order valence-corrected chi connectivity index (χ1v) is 11.6. The lowest BCUT2D eigenvalue weighted by Crippen LogP contribution is -2.52. The number of hydrogen-bond acceptors (Lipinski definition) is 3. The number of halogens is 2. The van der Waals surface area contributed by atoms with Gasteiger partial charge in [-0.05, 0) is 63.1 Å². The highest BCUT2D eigenvalue weighted by atomic mass is 35.5. The topological polar surface area (TPSA) is 49.4 Å². The molecule has 4 nitrogen and oxygen atoms in total. The SMILES string of the molecule is C[C@H](C(=O)NC(C)(C)C)N(Cc1ccc(Cl)cc1)C(=O)CSCc1cccc(Cl)c1. The van der Waals surface area contributed by atoms with E-state index in [-0.39, 0.29) is 23.1 Å². The molecule has 1 N–H and O–H groups in total. The van der Waals surface area contributed by atoms with Gasteiger partial charge in [-0.3, -0.25) is 9.59 Å². The maximum atomic E-state index is 13.1. The number of nitrogens with one attached hydrogen (secondary N) is 1. The minimum absolute atomic E-state index is 0.0893. The fraction of sp³-hybridized carbons (Fsp3) is 0.391. The third-order valence-corrected chi connectivity index (χ3v) is 5.79. The van der Waals surface area contributed by atoms with Gasteiger partial charge in [0.2, 0.25) is 11.8 Å². The highest BCUT2D eigenvalue weighted by Crippen LogP contribution is 2.19. The molecule has 162 valence electrons. The molecule has 0 saturated carbocycles. The molecule has 2 aromatic rings. The molecule has 0 bridgehead atoms. The van der Waals surface area contributed by atoms with Crippen LogP contribution in [0.1, 0.15) is 38.8 Å². The summed E-state index contributed by atoms with van der Waals surface area (Å²) in [6.07, 6.45) is 0. The van der Waals surface area contributed by atoms with Crippen molar-refractivity contribution >= 4 is 46.8 Å². The molecule has 7 heteroatoms. The molecule has 2 rings (SSSR count). The first kappa shape index (κ1) is 24.6. The lowest BCUT2D eigenvalue weighted by Gasteiger charge is -2.31. The highest BCUT2D eigenvalue weighted by Gasteiger charge is 2.28. The van der Waals surface area contributed by atoms with Crippen LogP contribution in [0.5, 0.6) is 0 Å². The third-order valence-electron chi connectivity index (χ3n) is 4.31. The highest BCUT2D eigenvalue weighted by molar-refractivity contribution is 7.99. The van der Waals surface area contributed by atoms with E-state index < -0.39 is 6.04 Å². The van der Waals surface area contributed by atoms with E-state index in [1.807, 2.05) is 57.2 Å². The summed E-state index contributed by atoms with van der Waals surface area (Å²) in [5.74, 6) is 0.676. The Hall–Kier alpha value is -1.69. The summed E-state index contributed by atoms with van der Waals surface area (Å²) in [5, 5.41) is 4.27. The number of amides is 2. The molecule has 0 spiro atoms. The van der Waals surface area contributed by atoms with Crippen LogP contribution in [0.4, 0.5) is 0 Å². The van der Waals surface area contributed by atoms with Crippen LogP contribution in [0.15, 0.2) is 48.5 Å². The zero-order chi connectivity index (χ0) is 22.3. The van der Waals surface area contributed by atoms with Crippen LogP contribution in [0, 0.1) is 0 Å². The number of thioether (sulfide) groups is 1. The van der Waals surface area contributed by atoms with Crippen LogP contribution < -0.4 is 5.32 Å². The van der Waals surface area contributed by atoms with Crippen LogP contribution >= 0.6 is 35.0 Å². The van der Waals surface area contributed by atoms with Crippen molar-refractivity contribution in [2.45, 2.75) is 51.6 Å². The number of benzene rings is 2. The molecule has 2 amide bonds. The molecule has 0 unspecified atom stereocenters. The fourth-order valence-electron chi connectivity index (χ4n) is 2.81. The van der Waals surface area contributed by atoms with Crippen molar-refractivity contribution in [1.82, 2.24) is 10.2 Å². The second kappa shape index (κ2) is 11.1. The van der Waals surface area contributed by atoms with Gasteiger partial charge in [0.1, 0.15) is 6.04 Å². The Kier molecular flexibility index (Phi) is 9.08. The number of carbonyl (C=O) groups is 2. The van der Waals surface area contributed by atoms with Crippen molar-refractivity contribution < 1.29 is 9.59 Å². The molecule has 0 aliphatic carbocycles. The van der Waals surface area contributed by atoms with Gasteiger partial charge in [0.05, 0.1) is 5.75 Å². The normalized spacial score (nSPS) is 12.3. The summed E-state index contributed by atoms with van der Waals surface area (Å²) < 4.78 is 0. The van der Waals surface area contributed by atoms with Crippen molar-refractivity contribution in [3.8, 4) is 0 Å². The van der Waals surface area contributed by atoms with E-state index in [1.54, 1.807) is 24.0 Å². The van der Waals surface area contributed by atoms with Crippen LogP contribution in [0.3, 0.4) is 0 Å². The molecular weight excluding hydrogens is 439 g/mol. The molecule has 2 aromatic carbocycles. The molecule has 0 heterocycles. The summed E-state index contributed by atoms with van der Waals surface area (Å²) in [7, 11) is 0. The summed E-state index contributed by atoms with van der Waals surface area (Å²) in [4.78, 5) is 27.4. The van der Waals surface area contributed by atoms with Crippen molar-refractivity contribution in [2.75, 3.05) is 5.75 Å². The van der Waals surface area contributed by atoms with E-state index in [2.05, 4.69) is 5.32 Å². The van der Waals surface area contributed by atoms with Gasteiger partial charge < -0.3 is 10.2 Å². The third kappa shape index (κ3) is 8.21. The first-order valence-electron chi connectivity index (χ1n) is 9.73. The summed E-state index contributed by atoms with van der Waals surface area (Å²) >= 11 is 13.5. The number of hydrogen-bond donors (Lipinski definition) is 1. The van der Waals surface area contributed by atoms with E-state index in [1.165, 1.54) is 11.8 Å². The Morgan fingerprint density at radius 3 is 2.30 bits per heavy atom. The summed E-state index contributed by atoms with van der Waals surface area (Å²) in [5.41, 5.74) is 1.60. The molecule has 30 heavy (non-hydrogen) atoms. The minimum atomic E-state index is -0.598. The van der Waals surface area contributed by atoms with Crippen LogP contribution in [0.25, 0.3) is 0 Å². The zero-order valence-corrected chi connectivity index (χ0v) is 20.1. The van der Waals surface area contributed by atoms with Gasteiger partial charge in [0.15, 0.2) is 0 Å². The van der Waals surface area contributed by atoms with Crippen molar-refractivity contribution in [2.24, 2.45) is 0 Å². The van der Waals surface area contributed by atoms with Gasteiger partial charge >= 0.3 is 0 Å². The Balaban J connectivity index is 2.09. The average Bonchev–Trinajstić information content (AvgIpc) is 2.65. The van der Waals surface area contributed by atoms with E-state index in [0.717, 1.165) is 11.1 Å². The van der Waals surface area contributed by atoms with Gasteiger partial charge in [-0.25, -0.2) is 0 Å². The predicted octanol–water partition coefficient (Wildman–Crippen LogP) is 5.56. The fourth-order valence-corrected chi connectivity index (χ4v) is 4.01. The summed E-state index contributed by atoms with van der Waals surface area (Å²) in [6, 6.07) is 14.3. The van der Waals surface area contributed by atoms with E-state index in [9.17, 15) is 9.59 Å². The lowest BCUT2D eigenvalue weighted by atomic mass is 10.1. The van der Waals surface area contributed by atoms with Crippen molar-refractivity contribution in [3.05, 3.63) is 69.7 Å². The maximum absolute atomic E-state index is 13.1. The van der Waals surface area contributed by atoms with E-state index in [0.29, 0.717) is 22.3 Å². The van der Waals surface area contributed by atoms with Crippen molar-refractivity contribution in [3.63, 3.8) is 0 Å². The average molecular weight is 467 g/mol. The monoisotopic (exact) mass is 466 g/mol. The molecule has 0 aliphatic rings. The second-order valence-electron chi connectivity index (χ2n) is 8.19. The van der Waals surface area contributed by atoms with E-state index >= 15 is 0 Å². The Morgan fingerprint density at radius 1 is 1.03 bits per heavy atom. The van der Waals surface area contributed by atoms with Gasteiger partial charge in [-0.15, -0.1) is 11.8 Å². The number of carbonyl (C=O) groups excluding carboxylic acids is 2. The molecule has 1 atom stereocenters. The van der Waals surface area contributed by atoms with Gasteiger partial charge in [-0.1, -0.05) is 47.5 Å². The molecule has 0 radical (unpaired) electrons. The predicted molar refractivity (Wildman–Crippen MR) is 127 cm³/mol. The molecule has 0 aliphatic heterocycles. The largest absolute Gasteiger partial charge is 0.350 e. The quantitative estimate of drug-likeness (QED) is 0.553. The smallest absolute Gasteiger partial charge is 0.242 e. The molecule has 0 fully saturated rings. The first-order chi connectivity index (χ1) is 14.0. The zero-order valence-electron chi connectivity index (χ0n) is 17.7. The van der Waals surface area contributed by atoms with Gasteiger partial charge in [-0.2, -0.15) is 0 Å². The summed E-state index contributed by atoms with van der Waals surface area (Å²) in [6.45, 7) is 7.86. The lowest BCUT2D eigenvalue weighted by molar-refractivity contribution is -0.139. The molecule has 0 aromatic heterocycles. The standard InChI is InChI=1S/C23H28Cl2N2O2S/c1-16(22(29)26-23(2,3)4)27(13-17-8-10-19(24)11-9-17)21(28)15-30-14-18-6-5-7-20(25)12-18/h5-12,16H,13-15H2,1-4H3,(H,26,29)/t16-/m1/s1. The second-order valence-corrected chi connectivity index (χ2v) is 10.0. The Labute approximate surface area is 193 Å². The maximum Gasteiger partial charge on any atom is 0.242 e. The van der Waals surface area contributed by atoms with E-state index in [4.69, 9.17) is 23.2 Å². The Morgan fingerprint density at radius 2 is 1.70 bits per heavy atom. The minimum Gasteiger partial charge on any atom is -0.350 e.